The number of hydrogen-bond donors (Lipinski definition) is 0. The number of likely N-dealkylation sites (tertiary alicyclic amines) is 1. The van der Waals surface area contributed by atoms with Crippen molar-refractivity contribution in [3.05, 3.63) is 0 Å². The SMILES string of the molecule is CC1CC2C(CCN2C)C1C. The minimum Gasteiger partial charge on any atom is -0.303 e. The Bertz CT molecular complexity index is 155. The third-order valence-electron chi connectivity index (χ3n) is 4.06. The summed E-state index contributed by atoms with van der Waals surface area (Å²) in [6.45, 7) is 6.19. The highest BCUT2D eigenvalue weighted by Crippen LogP contribution is 2.44. The van der Waals surface area contributed by atoms with Gasteiger partial charge in [0.05, 0.1) is 0 Å². The molecule has 0 N–H and O–H groups in total. The third-order valence-corrected chi connectivity index (χ3v) is 4.06. The largest absolute Gasteiger partial charge is 0.303 e. The fraction of sp³-hybridized carbons (Fsp3) is 1.00. The smallest absolute Gasteiger partial charge is 0.0126 e. The van der Waals surface area contributed by atoms with E-state index in [4.69, 9.17) is 0 Å². The molecule has 2 aliphatic rings. The summed E-state index contributed by atoms with van der Waals surface area (Å²) in [6, 6.07) is 0.931. The number of nitrogens with zero attached hydrogens (tertiary/aromatic N) is 1. The van der Waals surface area contributed by atoms with Crippen molar-refractivity contribution >= 4 is 0 Å². The molecule has 0 radical (unpaired) electrons. The third kappa shape index (κ3) is 1.01. The summed E-state index contributed by atoms with van der Waals surface area (Å²) in [4.78, 5) is 2.56. The van der Waals surface area contributed by atoms with Crippen LogP contribution >= 0.6 is 0 Å². The Balaban J connectivity index is 2.12. The molecule has 4 atom stereocenters. The summed E-state index contributed by atoms with van der Waals surface area (Å²) in [7, 11) is 2.29. The molecule has 1 saturated carbocycles. The first-order valence-corrected chi connectivity index (χ1v) is 4.90. The van der Waals surface area contributed by atoms with Crippen molar-refractivity contribution in [1.29, 1.82) is 0 Å². The summed E-state index contributed by atoms with van der Waals surface area (Å²) >= 11 is 0. The average molecular weight is 153 g/mol. The van der Waals surface area contributed by atoms with Crippen LogP contribution in [0.25, 0.3) is 0 Å². The van der Waals surface area contributed by atoms with E-state index < -0.39 is 0 Å². The van der Waals surface area contributed by atoms with E-state index >= 15 is 0 Å². The van der Waals surface area contributed by atoms with Crippen LogP contribution in [0.2, 0.25) is 0 Å². The molecule has 1 nitrogen and oxygen atoms in total. The lowest BCUT2D eigenvalue weighted by Crippen LogP contribution is -2.26. The lowest BCUT2D eigenvalue weighted by atomic mass is 9.91. The molecule has 0 bridgehead atoms. The van der Waals surface area contributed by atoms with Gasteiger partial charge in [-0.2, -0.15) is 0 Å². The van der Waals surface area contributed by atoms with Gasteiger partial charge in [0, 0.05) is 6.04 Å². The van der Waals surface area contributed by atoms with Crippen molar-refractivity contribution in [2.75, 3.05) is 13.6 Å². The minimum atomic E-state index is 0.931. The second-order valence-corrected chi connectivity index (χ2v) is 4.57. The van der Waals surface area contributed by atoms with Crippen molar-refractivity contribution in [2.24, 2.45) is 17.8 Å². The van der Waals surface area contributed by atoms with E-state index in [-0.39, 0.29) is 0 Å². The fourth-order valence-corrected chi connectivity index (χ4v) is 3.02. The Kier molecular flexibility index (Phi) is 1.71. The van der Waals surface area contributed by atoms with Crippen molar-refractivity contribution in [2.45, 2.75) is 32.7 Å². The zero-order valence-corrected chi connectivity index (χ0v) is 7.88. The van der Waals surface area contributed by atoms with Gasteiger partial charge in [0.25, 0.3) is 0 Å². The first-order chi connectivity index (χ1) is 5.20. The van der Waals surface area contributed by atoms with Crippen molar-refractivity contribution in [3.63, 3.8) is 0 Å². The second kappa shape index (κ2) is 2.48. The van der Waals surface area contributed by atoms with E-state index in [0.717, 1.165) is 23.8 Å². The van der Waals surface area contributed by atoms with E-state index in [0.29, 0.717) is 0 Å². The molecule has 4 unspecified atom stereocenters. The number of fused-ring (bicyclic) bond motifs is 1. The van der Waals surface area contributed by atoms with Gasteiger partial charge in [-0.05, 0) is 44.2 Å². The zero-order chi connectivity index (χ0) is 8.01. The predicted molar refractivity (Wildman–Crippen MR) is 47.5 cm³/mol. The van der Waals surface area contributed by atoms with Gasteiger partial charge in [-0.15, -0.1) is 0 Å². The molecule has 2 fully saturated rings. The molecule has 0 aromatic heterocycles. The highest BCUT2D eigenvalue weighted by Gasteiger charge is 2.43. The van der Waals surface area contributed by atoms with Crippen LogP contribution < -0.4 is 0 Å². The molecule has 1 aliphatic heterocycles. The fourth-order valence-electron chi connectivity index (χ4n) is 3.02. The Labute approximate surface area is 69.8 Å². The molecule has 0 aromatic rings. The maximum absolute atomic E-state index is 2.56. The summed E-state index contributed by atoms with van der Waals surface area (Å²) in [5.41, 5.74) is 0. The molecule has 1 heteroatoms. The van der Waals surface area contributed by atoms with Gasteiger partial charge in [-0.1, -0.05) is 13.8 Å². The van der Waals surface area contributed by atoms with Crippen LogP contribution in [0.3, 0.4) is 0 Å². The molecule has 1 heterocycles. The van der Waals surface area contributed by atoms with E-state index in [1.54, 1.807) is 0 Å². The predicted octanol–water partition coefficient (Wildman–Crippen LogP) is 1.98. The van der Waals surface area contributed by atoms with Crippen LogP contribution in [0.1, 0.15) is 26.7 Å². The molecule has 0 amide bonds. The molecule has 2 rings (SSSR count). The Morgan fingerprint density at radius 3 is 2.64 bits per heavy atom. The first kappa shape index (κ1) is 7.60. The molecule has 1 aliphatic carbocycles. The summed E-state index contributed by atoms with van der Waals surface area (Å²) in [5.74, 6) is 2.97. The van der Waals surface area contributed by atoms with Gasteiger partial charge in [-0.3, -0.25) is 0 Å². The quantitative estimate of drug-likeness (QED) is 0.514. The second-order valence-electron chi connectivity index (χ2n) is 4.57. The van der Waals surface area contributed by atoms with Crippen LogP contribution in [0.4, 0.5) is 0 Å². The van der Waals surface area contributed by atoms with Gasteiger partial charge in [0.2, 0.25) is 0 Å². The monoisotopic (exact) mass is 153 g/mol. The minimum absolute atomic E-state index is 0.931. The highest BCUT2D eigenvalue weighted by atomic mass is 15.2. The Morgan fingerprint density at radius 2 is 2.00 bits per heavy atom. The summed E-state index contributed by atoms with van der Waals surface area (Å²) in [5, 5.41) is 0. The summed E-state index contributed by atoms with van der Waals surface area (Å²) in [6.07, 6.45) is 2.90. The normalized spacial score (nSPS) is 51.5. The van der Waals surface area contributed by atoms with Gasteiger partial charge in [-0.25, -0.2) is 0 Å². The van der Waals surface area contributed by atoms with Crippen molar-refractivity contribution in [1.82, 2.24) is 4.90 Å². The molecule has 0 aromatic carbocycles. The molecule has 11 heavy (non-hydrogen) atoms. The van der Waals surface area contributed by atoms with Crippen LogP contribution in [-0.2, 0) is 0 Å². The van der Waals surface area contributed by atoms with Crippen LogP contribution in [-0.4, -0.2) is 24.5 Å². The van der Waals surface area contributed by atoms with E-state index in [1.807, 2.05) is 0 Å². The first-order valence-electron chi connectivity index (χ1n) is 4.90. The van der Waals surface area contributed by atoms with Crippen molar-refractivity contribution < 1.29 is 0 Å². The van der Waals surface area contributed by atoms with E-state index in [9.17, 15) is 0 Å². The topological polar surface area (TPSA) is 3.24 Å². The molecule has 1 saturated heterocycles. The molecule has 64 valence electrons. The van der Waals surface area contributed by atoms with Crippen LogP contribution in [0, 0.1) is 17.8 Å². The maximum atomic E-state index is 2.56. The van der Waals surface area contributed by atoms with Crippen molar-refractivity contribution in [3.8, 4) is 0 Å². The molecular weight excluding hydrogens is 134 g/mol. The lowest BCUT2D eigenvalue weighted by molar-refractivity contribution is 0.285. The zero-order valence-electron chi connectivity index (χ0n) is 7.88. The number of rotatable bonds is 0. The van der Waals surface area contributed by atoms with Gasteiger partial charge in [0.15, 0.2) is 0 Å². The van der Waals surface area contributed by atoms with Gasteiger partial charge in [0.1, 0.15) is 0 Å². The lowest BCUT2D eigenvalue weighted by Gasteiger charge is -2.18. The van der Waals surface area contributed by atoms with Gasteiger partial charge < -0.3 is 4.90 Å². The Morgan fingerprint density at radius 1 is 1.27 bits per heavy atom. The van der Waals surface area contributed by atoms with Crippen LogP contribution in [0.5, 0.6) is 0 Å². The maximum Gasteiger partial charge on any atom is 0.0126 e. The van der Waals surface area contributed by atoms with Crippen LogP contribution in [0.15, 0.2) is 0 Å². The van der Waals surface area contributed by atoms with Gasteiger partial charge >= 0.3 is 0 Å². The average Bonchev–Trinajstić information content (AvgIpc) is 2.43. The van der Waals surface area contributed by atoms with E-state index in [1.165, 1.54) is 19.4 Å². The molecular formula is C10H19N. The molecule has 0 spiro atoms. The van der Waals surface area contributed by atoms with E-state index in [2.05, 4.69) is 25.8 Å². The standard InChI is InChI=1S/C10H19N/c1-7-6-10-9(8(7)2)4-5-11(10)3/h7-10H,4-6H2,1-3H3. The summed E-state index contributed by atoms with van der Waals surface area (Å²) < 4.78 is 0. The number of hydrogen-bond acceptors (Lipinski definition) is 1. The highest BCUT2D eigenvalue weighted by molar-refractivity contribution is 4.96. The Hall–Kier alpha value is -0.0400.